The van der Waals surface area contributed by atoms with Crippen LogP contribution in [0.15, 0.2) is 66.7 Å². The molecular weight excluding hydrogens is 719 g/mol. The van der Waals surface area contributed by atoms with Gasteiger partial charge in [-0.2, -0.15) is 11.8 Å². The van der Waals surface area contributed by atoms with Crippen molar-refractivity contribution in [1.29, 1.82) is 0 Å². The molecule has 0 N–H and O–H groups in total. The number of nitrogens with zero attached hydrogens (tertiary/aromatic N) is 2. The minimum atomic E-state index is 0.0523. The first-order chi connectivity index (χ1) is 26.8. The number of anilines is 5. The van der Waals surface area contributed by atoms with Crippen molar-refractivity contribution >= 4 is 57.8 Å². The molecule has 3 heterocycles. The van der Waals surface area contributed by atoms with Gasteiger partial charge in [-0.15, -0.1) is 0 Å². The molecule has 0 amide bonds. The molecule has 1 saturated carbocycles. The zero-order valence-corrected chi connectivity index (χ0v) is 39.7. The zero-order valence-electron chi connectivity index (χ0n) is 38.9. The van der Waals surface area contributed by atoms with Gasteiger partial charge in [0.1, 0.15) is 0 Å². The Kier molecular flexibility index (Phi) is 8.84. The van der Waals surface area contributed by atoms with E-state index in [1.54, 1.807) is 16.6 Å². The van der Waals surface area contributed by atoms with Crippen LogP contribution in [0.4, 0.5) is 28.4 Å². The SMILES string of the molecule is Cc1cc2c3c(c1)N(c1ccc(C(C)(C)C)cc1C)C1C(SC4C1C(C)(C)CCC4(C)C)B3c1ccc3c(c1N2c1ccc(C(C)(C)C)cc1)C(C)(C)CCC3(C)C. The Hall–Kier alpha value is -3.11. The quantitative estimate of drug-likeness (QED) is 0.187. The summed E-state index contributed by atoms with van der Waals surface area (Å²) in [6, 6.07) is 27.8. The third-order valence-electron chi connectivity index (χ3n) is 16.0. The van der Waals surface area contributed by atoms with Crippen molar-refractivity contribution < 1.29 is 0 Å². The molecule has 4 aromatic carbocycles. The van der Waals surface area contributed by atoms with Gasteiger partial charge in [0.05, 0.1) is 0 Å². The molecular formula is C54H71BN2S. The van der Waals surface area contributed by atoms with Crippen molar-refractivity contribution in [3.63, 3.8) is 0 Å². The number of rotatable bonds is 2. The third-order valence-corrected chi connectivity index (χ3v) is 18.1. The number of thioether (sulfide) groups is 1. The van der Waals surface area contributed by atoms with Crippen LogP contribution in [0.25, 0.3) is 0 Å². The van der Waals surface area contributed by atoms with E-state index in [0.717, 1.165) is 0 Å². The normalized spacial score (nSPS) is 26.0. The fourth-order valence-corrected chi connectivity index (χ4v) is 14.7. The van der Waals surface area contributed by atoms with Crippen LogP contribution >= 0.6 is 11.8 Å². The molecule has 0 spiro atoms. The predicted molar refractivity (Wildman–Crippen MR) is 256 cm³/mol. The fourth-order valence-electron chi connectivity index (χ4n) is 12.3. The number of fused-ring (bicyclic) bond motifs is 8. The van der Waals surface area contributed by atoms with Crippen LogP contribution in [0.2, 0.25) is 0 Å². The summed E-state index contributed by atoms with van der Waals surface area (Å²) in [6.45, 7) is 39.6. The number of hydrogen-bond donors (Lipinski definition) is 0. The molecule has 3 aliphatic heterocycles. The number of aryl methyl sites for hydroxylation is 2. The highest BCUT2D eigenvalue weighted by atomic mass is 32.2. The predicted octanol–water partition coefficient (Wildman–Crippen LogP) is 13.6. The van der Waals surface area contributed by atoms with Gasteiger partial charge in [0, 0.05) is 44.9 Å². The number of hydrogen-bond acceptors (Lipinski definition) is 3. The van der Waals surface area contributed by atoms with Gasteiger partial charge in [-0.1, -0.05) is 133 Å². The number of benzene rings is 4. The maximum Gasteiger partial charge on any atom is 0.232 e. The van der Waals surface area contributed by atoms with Crippen LogP contribution in [-0.2, 0) is 21.7 Å². The first-order valence-corrected chi connectivity index (χ1v) is 23.6. The summed E-state index contributed by atoms with van der Waals surface area (Å²) in [5.41, 5.74) is 19.6. The standard InChI is InChI=1S/C54H71BN2S/c1-32-29-40-44-41(30-32)57(39-24-19-35(31-33(39)2)50(6,7)8)46-43-47(54(15,16)28-27-53(43,13)14)58-48(46)55(44)38-23-22-37-42(52(11,12)26-25-51(37,9)10)45(38)56(40)36-20-17-34(18-21-36)49(3,4)5/h17-24,29-31,43,46-48H,25-28H2,1-16H3. The Labute approximate surface area is 357 Å². The Balaban J connectivity index is 1.39. The second kappa shape index (κ2) is 12.7. The van der Waals surface area contributed by atoms with Crippen LogP contribution in [-0.4, -0.2) is 23.2 Å². The van der Waals surface area contributed by atoms with E-state index in [1.165, 1.54) is 81.8 Å². The first kappa shape index (κ1) is 40.3. The summed E-state index contributed by atoms with van der Waals surface area (Å²) in [7, 11) is 0. The van der Waals surface area contributed by atoms with Crippen LogP contribution in [0.1, 0.15) is 156 Å². The molecule has 306 valence electrons. The van der Waals surface area contributed by atoms with E-state index in [1.807, 2.05) is 0 Å². The minimum Gasteiger partial charge on any atom is -0.338 e. The van der Waals surface area contributed by atoms with Gasteiger partial charge in [-0.05, 0) is 153 Å². The van der Waals surface area contributed by atoms with Crippen molar-refractivity contribution in [3.8, 4) is 0 Å². The lowest BCUT2D eigenvalue weighted by Crippen LogP contribution is -2.67. The second-order valence-corrected chi connectivity index (χ2v) is 25.5. The van der Waals surface area contributed by atoms with Gasteiger partial charge in [0.2, 0.25) is 6.71 Å². The van der Waals surface area contributed by atoms with E-state index >= 15 is 0 Å². The van der Waals surface area contributed by atoms with Crippen LogP contribution in [0.3, 0.4) is 0 Å². The zero-order chi connectivity index (χ0) is 41.9. The molecule has 58 heavy (non-hydrogen) atoms. The van der Waals surface area contributed by atoms with E-state index in [2.05, 4.69) is 199 Å². The monoisotopic (exact) mass is 791 g/mol. The molecule has 9 rings (SSSR count). The molecule has 0 aromatic heterocycles. The summed E-state index contributed by atoms with van der Waals surface area (Å²) in [5, 5.41) is 1.01. The first-order valence-electron chi connectivity index (χ1n) is 22.6. The molecule has 4 heteroatoms. The molecule has 4 unspecified atom stereocenters. The maximum absolute atomic E-state index is 2.92. The highest BCUT2D eigenvalue weighted by Crippen LogP contribution is 2.65. The summed E-state index contributed by atoms with van der Waals surface area (Å²) >= 11 is 2.38. The highest BCUT2D eigenvalue weighted by Gasteiger charge is 2.65. The van der Waals surface area contributed by atoms with Crippen molar-refractivity contribution in [3.05, 3.63) is 100 Å². The van der Waals surface area contributed by atoms with E-state index in [9.17, 15) is 0 Å². The van der Waals surface area contributed by atoms with Crippen molar-refractivity contribution in [2.24, 2.45) is 16.7 Å². The lowest BCUT2D eigenvalue weighted by Gasteiger charge is -2.55. The fraction of sp³-hybridized carbons (Fsp3) is 0.556. The van der Waals surface area contributed by atoms with E-state index < -0.39 is 0 Å². The lowest BCUT2D eigenvalue weighted by atomic mass is 9.32. The van der Waals surface area contributed by atoms with E-state index in [-0.39, 0.29) is 32.5 Å². The van der Waals surface area contributed by atoms with Crippen molar-refractivity contribution in [1.82, 2.24) is 0 Å². The smallest absolute Gasteiger partial charge is 0.232 e. The molecule has 1 saturated heterocycles. The minimum absolute atomic E-state index is 0.0523. The lowest BCUT2D eigenvalue weighted by molar-refractivity contribution is 0.0580. The van der Waals surface area contributed by atoms with Gasteiger partial charge < -0.3 is 9.80 Å². The molecule has 4 aromatic rings. The average Bonchev–Trinajstić information content (AvgIpc) is 3.54. The molecule has 2 nitrogen and oxygen atoms in total. The topological polar surface area (TPSA) is 6.48 Å². The Morgan fingerprint density at radius 3 is 1.88 bits per heavy atom. The molecule has 0 radical (unpaired) electrons. The molecule has 5 aliphatic rings. The Morgan fingerprint density at radius 2 is 1.24 bits per heavy atom. The summed E-state index contributed by atoms with van der Waals surface area (Å²) in [4.78, 5) is 5.67. The Morgan fingerprint density at radius 1 is 0.638 bits per heavy atom. The van der Waals surface area contributed by atoms with Crippen LogP contribution in [0, 0.1) is 30.6 Å². The largest absolute Gasteiger partial charge is 0.338 e. The average molecular weight is 791 g/mol. The van der Waals surface area contributed by atoms with Gasteiger partial charge in [0.15, 0.2) is 0 Å². The van der Waals surface area contributed by atoms with Gasteiger partial charge in [0.25, 0.3) is 0 Å². The molecule has 2 aliphatic carbocycles. The molecule has 0 bridgehead atoms. The second-order valence-electron chi connectivity index (χ2n) is 24.2. The van der Waals surface area contributed by atoms with Gasteiger partial charge in [-0.25, -0.2) is 0 Å². The van der Waals surface area contributed by atoms with Gasteiger partial charge in [-0.3, -0.25) is 0 Å². The van der Waals surface area contributed by atoms with E-state index in [0.29, 0.717) is 29.1 Å². The van der Waals surface area contributed by atoms with Crippen molar-refractivity contribution in [2.75, 3.05) is 9.80 Å². The maximum atomic E-state index is 2.92. The van der Waals surface area contributed by atoms with Crippen LogP contribution < -0.4 is 20.7 Å². The summed E-state index contributed by atoms with van der Waals surface area (Å²) in [6.07, 6.45) is 4.98. The third kappa shape index (κ3) is 5.94. The molecule has 4 atom stereocenters. The van der Waals surface area contributed by atoms with Crippen LogP contribution in [0.5, 0.6) is 0 Å². The molecule has 2 fully saturated rings. The highest BCUT2D eigenvalue weighted by molar-refractivity contribution is 8.02. The Bertz CT molecular complexity index is 2310. The summed E-state index contributed by atoms with van der Waals surface area (Å²) < 4.78 is 0. The van der Waals surface area contributed by atoms with Crippen molar-refractivity contribution in [2.45, 2.75) is 175 Å². The summed E-state index contributed by atoms with van der Waals surface area (Å²) in [5.74, 6) is 0.560. The van der Waals surface area contributed by atoms with Gasteiger partial charge >= 0.3 is 0 Å². The van der Waals surface area contributed by atoms with E-state index in [4.69, 9.17) is 0 Å².